The lowest BCUT2D eigenvalue weighted by Gasteiger charge is -2.27. The van der Waals surface area contributed by atoms with E-state index in [9.17, 15) is 9.59 Å². The minimum atomic E-state index is -0.586. The topological polar surface area (TPSA) is 93.5 Å². The van der Waals surface area contributed by atoms with Crippen molar-refractivity contribution >= 4 is 11.8 Å². The van der Waals surface area contributed by atoms with Gasteiger partial charge in [-0.3, -0.25) is 9.59 Å². The van der Waals surface area contributed by atoms with Crippen molar-refractivity contribution in [1.82, 2.24) is 10.6 Å². The molecule has 0 fully saturated rings. The summed E-state index contributed by atoms with van der Waals surface area (Å²) in [7, 11) is 0. The van der Waals surface area contributed by atoms with Gasteiger partial charge in [0.1, 0.15) is 6.04 Å². The Kier molecular flexibility index (Phi) is 11.9. The van der Waals surface area contributed by atoms with Crippen LogP contribution in [0.25, 0.3) is 0 Å². The van der Waals surface area contributed by atoms with Crippen LogP contribution in [0, 0.1) is 24.7 Å². The van der Waals surface area contributed by atoms with Crippen molar-refractivity contribution in [2.75, 3.05) is 6.61 Å². The molecule has 0 radical (unpaired) electrons. The molecule has 6 heteroatoms. The van der Waals surface area contributed by atoms with Crippen molar-refractivity contribution in [2.45, 2.75) is 72.7 Å². The average molecular weight is 482 g/mol. The van der Waals surface area contributed by atoms with E-state index in [1.807, 2.05) is 89.2 Å². The van der Waals surface area contributed by atoms with E-state index < -0.39 is 6.04 Å². The van der Waals surface area contributed by atoms with Crippen LogP contribution >= 0.6 is 0 Å². The number of rotatable bonds is 14. The Balaban J connectivity index is 1.84. The number of benzene rings is 2. The standard InChI is InChI=1S/C29H43N3O3/c1-20(2)26(16-15-25(30)19-35-18-24-9-7-6-8-10-24)28(33)32-27(21(3)4)29(34)31-17-23-13-11-22(5)12-14-23/h6-14,20-21,25-27H,15-19,30H2,1-5H3,(H,31,34)(H,32,33)/t25?,26-,27?/m0/s1. The Morgan fingerprint density at radius 1 is 0.857 bits per heavy atom. The maximum Gasteiger partial charge on any atom is 0.243 e. The number of amides is 2. The monoisotopic (exact) mass is 481 g/mol. The second-order valence-electron chi connectivity index (χ2n) is 10.1. The molecule has 0 aromatic heterocycles. The predicted octanol–water partition coefficient (Wildman–Crippen LogP) is 4.35. The lowest BCUT2D eigenvalue weighted by molar-refractivity contribution is -0.133. The van der Waals surface area contributed by atoms with Gasteiger partial charge >= 0.3 is 0 Å². The van der Waals surface area contributed by atoms with Gasteiger partial charge < -0.3 is 21.1 Å². The summed E-state index contributed by atoms with van der Waals surface area (Å²) >= 11 is 0. The number of aryl methyl sites for hydroxylation is 1. The fraction of sp³-hybridized carbons (Fsp3) is 0.517. The molecule has 0 aliphatic carbocycles. The fourth-order valence-electron chi connectivity index (χ4n) is 3.95. The van der Waals surface area contributed by atoms with Crippen molar-refractivity contribution in [3.63, 3.8) is 0 Å². The molecule has 3 atom stereocenters. The molecule has 0 spiro atoms. The molecule has 2 amide bonds. The van der Waals surface area contributed by atoms with E-state index in [1.54, 1.807) is 0 Å². The lowest BCUT2D eigenvalue weighted by atomic mass is 9.88. The molecule has 2 rings (SSSR count). The smallest absolute Gasteiger partial charge is 0.243 e. The number of ether oxygens (including phenoxy) is 1. The Morgan fingerprint density at radius 3 is 2.11 bits per heavy atom. The maximum absolute atomic E-state index is 13.2. The minimum Gasteiger partial charge on any atom is -0.375 e. The molecule has 0 heterocycles. The largest absolute Gasteiger partial charge is 0.375 e. The fourth-order valence-corrected chi connectivity index (χ4v) is 3.95. The molecular formula is C29H43N3O3. The Labute approximate surface area is 211 Å². The first-order valence-corrected chi connectivity index (χ1v) is 12.7. The molecule has 0 bridgehead atoms. The van der Waals surface area contributed by atoms with Crippen LogP contribution in [0.1, 0.15) is 57.2 Å². The number of hydrogen-bond acceptors (Lipinski definition) is 4. The molecule has 0 aliphatic rings. The van der Waals surface area contributed by atoms with E-state index in [1.165, 1.54) is 5.56 Å². The number of nitrogens with two attached hydrogens (primary N) is 1. The van der Waals surface area contributed by atoms with E-state index in [2.05, 4.69) is 10.6 Å². The summed E-state index contributed by atoms with van der Waals surface area (Å²) in [6, 6.07) is 17.3. The number of carbonyl (C=O) groups excluding carboxylic acids is 2. The third kappa shape index (κ3) is 10.2. The van der Waals surface area contributed by atoms with Crippen LogP contribution in [0.15, 0.2) is 54.6 Å². The molecule has 4 N–H and O–H groups in total. The van der Waals surface area contributed by atoms with Gasteiger partial charge in [-0.15, -0.1) is 0 Å². The molecule has 6 nitrogen and oxygen atoms in total. The first-order valence-electron chi connectivity index (χ1n) is 12.7. The second-order valence-corrected chi connectivity index (χ2v) is 10.1. The van der Waals surface area contributed by atoms with Crippen molar-refractivity contribution in [3.05, 3.63) is 71.3 Å². The van der Waals surface area contributed by atoms with E-state index >= 15 is 0 Å². The van der Waals surface area contributed by atoms with E-state index in [4.69, 9.17) is 10.5 Å². The van der Waals surface area contributed by atoms with Crippen LogP contribution in [-0.4, -0.2) is 30.5 Å². The van der Waals surface area contributed by atoms with Crippen molar-refractivity contribution in [3.8, 4) is 0 Å². The van der Waals surface area contributed by atoms with Crippen molar-refractivity contribution in [1.29, 1.82) is 0 Å². The SMILES string of the molecule is Cc1ccc(CNC(=O)C(NC(=O)[C@@H](CCC(N)COCc2ccccc2)C(C)C)C(C)C)cc1. The van der Waals surface area contributed by atoms with Crippen LogP contribution in [0.2, 0.25) is 0 Å². The third-order valence-corrected chi connectivity index (χ3v) is 6.27. The first-order chi connectivity index (χ1) is 16.7. The van der Waals surface area contributed by atoms with E-state index in [-0.39, 0.29) is 35.6 Å². The normalized spacial score (nSPS) is 13.9. The number of nitrogens with one attached hydrogen (secondary N) is 2. The van der Waals surface area contributed by atoms with Gasteiger partial charge in [0.05, 0.1) is 13.2 Å². The molecular weight excluding hydrogens is 438 g/mol. The molecule has 35 heavy (non-hydrogen) atoms. The van der Waals surface area contributed by atoms with Gasteiger partial charge in [-0.05, 0) is 42.7 Å². The summed E-state index contributed by atoms with van der Waals surface area (Å²) in [4.78, 5) is 26.1. The zero-order valence-corrected chi connectivity index (χ0v) is 21.9. The number of carbonyl (C=O) groups is 2. The van der Waals surface area contributed by atoms with Gasteiger partial charge in [0.25, 0.3) is 0 Å². The Hall–Kier alpha value is -2.70. The molecule has 0 saturated heterocycles. The summed E-state index contributed by atoms with van der Waals surface area (Å²) in [5, 5.41) is 5.98. The van der Waals surface area contributed by atoms with Crippen LogP contribution in [0.5, 0.6) is 0 Å². The van der Waals surface area contributed by atoms with Crippen LogP contribution < -0.4 is 16.4 Å². The summed E-state index contributed by atoms with van der Waals surface area (Å²) in [6.07, 6.45) is 1.33. The van der Waals surface area contributed by atoms with Gasteiger partial charge in [-0.2, -0.15) is 0 Å². The van der Waals surface area contributed by atoms with Gasteiger partial charge in [0, 0.05) is 18.5 Å². The van der Waals surface area contributed by atoms with Crippen molar-refractivity contribution in [2.24, 2.45) is 23.5 Å². The van der Waals surface area contributed by atoms with Gasteiger partial charge in [0.2, 0.25) is 11.8 Å². The molecule has 0 aliphatic heterocycles. The highest BCUT2D eigenvalue weighted by molar-refractivity contribution is 5.88. The number of hydrogen-bond donors (Lipinski definition) is 3. The van der Waals surface area contributed by atoms with Crippen molar-refractivity contribution < 1.29 is 14.3 Å². The van der Waals surface area contributed by atoms with E-state index in [0.29, 0.717) is 32.6 Å². The predicted molar refractivity (Wildman–Crippen MR) is 141 cm³/mol. The molecule has 0 saturated carbocycles. The highest BCUT2D eigenvalue weighted by Gasteiger charge is 2.29. The van der Waals surface area contributed by atoms with Crippen LogP contribution in [0.4, 0.5) is 0 Å². The van der Waals surface area contributed by atoms with Crippen LogP contribution in [0.3, 0.4) is 0 Å². The zero-order valence-electron chi connectivity index (χ0n) is 21.9. The second kappa shape index (κ2) is 14.6. The average Bonchev–Trinajstić information content (AvgIpc) is 2.82. The third-order valence-electron chi connectivity index (χ3n) is 6.27. The summed E-state index contributed by atoms with van der Waals surface area (Å²) in [6.45, 7) is 11.4. The minimum absolute atomic E-state index is 0.0292. The molecule has 192 valence electrons. The summed E-state index contributed by atoms with van der Waals surface area (Å²) in [5.41, 5.74) is 9.58. The van der Waals surface area contributed by atoms with E-state index in [0.717, 1.165) is 11.1 Å². The molecule has 2 aromatic carbocycles. The maximum atomic E-state index is 13.2. The Morgan fingerprint density at radius 2 is 1.51 bits per heavy atom. The Bertz CT molecular complexity index is 897. The van der Waals surface area contributed by atoms with Crippen LogP contribution in [-0.2, 0) is 27.5 Å². The summed E-state index contributed by atoms with van der Waals surface area (Å²) in [5.74, 6) is -0.375. The highest BCUT2D eigenvalue weighted by atomic mass is 16.5. The molecule has 2 aromatic rings. The quantitative estimate of drug-likeness (QED) is 0.374. The summed E-state index contributed by atoms with van der Waals surface area (Å²) < 4.78 is 5.75. The first kappa shape index (κ1) is 28.5. The lowest BCUT2D eigenvalue weighted by Crippen LogP contribution is -2.51. The van der Waals surface area contributed by atoms with Gasteiger partial charge in [-0.1, -0.05) is 87.9 Å². The zero-order chi connectivity index (χ0) is 25.8. The van der Waals surface area contributed by atoms with Gasteiger partial charge in [-0.25, -0.2) is 0 Å². The van der Waals surface area contributed by atoms with Gasteiger partial charge in [0.15, 0.2) is 0 Å². The molecule has 2 unspecified atom stereocenters. The highest BCUT2D eigenvalue weighted by Crippen LogP contribution is 2.19.